The maximum atomic E-state index is 6.49. The molecule has 0 radical (unpaired) electrons. The molecule has 0 heterocycles. The third kappa shape index (κ3) is 1.40. The van der Waals surface area contributed by atoms with Gasteiger partial charge in [-0.15, -0.1) is 12.4 Å². The van der Waals surface area contributed by atoms with Crippen LogP contribution in [0.15, 0.2) is 0 Å². The van der Waals surface area contributed by atoms with E-state index in [1.165, 1.54) is 38.5 Å². The van der Waals surface area contributed by atoms with E-state index in [1.807, 2.05) is 0 Å². The first-order chi connectivity index (χ1) is 5.91. The Bertz CT molecular complexity index is 212. The van der Waals surface area contributed by atoms with Crippen molar-refractivity contribution in [1.82, 2.24) is 0 Å². The average molecular weight is 216 g/mol. The van der Waals surface area contributed by atoms with Crippen LogP contribution >= 0.6 is 12.4 Å². The number of hydrogen-bond donors (Lipinski definition) is 1. The van der Waals surface area contributed by atoms with Gasteiger partial charge in [-0.1, -0.05) is 13.8 Å². The summed E-state index contributed by atoms with van der Waals surface area (Å²) >= 11 is 0. The molecule has 0 spiro atoms. The van der Waals surface area contributed by atoms with E-state index < -0.39 is 0 Å². The lowest BCUT2D eigenvalue weighted by molar-refractivity contribution is -0.104. The van der Waals surface area contributed by atoms with Crippen LogP contribution in [-0.2, 0) is 0 Å². The van der Waals surface area contributed by atoms with Gasteiger partial charge in [0.15, 0.2) is 0 Å². The lowest BCUT2D eigenvalue weighted by Gasteiger charge is -2.64. The minimum atomic E-state index is 0. The summed E-state index contributed by atoms with van der Waals surface area (Å²) in [5.74, 6) is 0.955. The van der Waals surface area contributed by atoms with E-state index in [0.717, 1.165) is 5.92 Å². The molecule has 2 atom stereocenters. The maximum Gasteiger partial charge on any atom is 0.0167 e. The second-order valence-corrected chi connectivity index (χ2v) is 6.99. The molecule has 0 saturated heterocycles. The Morgan fingerprint density at radius 2 is 1.43 bits per heavy atom. The lowest BCUT2D eigenvalue weighted by atomic mass is 9.43. The Kier molecular flexibility index (Phi) is 2.06. The first-order valence-electron chi connectivity index (χ1n) is 5.70. The highest BCUT2D eigenvalue weighted by molar-refractivity contribution is 5.85. The van der Waals surface area contributed by atoms with Crippen molar-refractivity contribution in [2.45, 2.75) is 57.9 Å². The first-order valence-corrected chi connectivity index (χ1v) is 5.70. The molecule has 2 N–H and O–H groups in total. The van der Waals surface area contributed by atoms with E-state index in [2.05, 4.69) is 13.8 Å². The van der Waals surface area contributed by atoms with Crippen molar-refractivity contribution in [3.05, 3.63) is 0 Å². The highest BCUT2D eigenvalue weighted by atomic mass is 35.5. The number of halogens is 1. The zero-order valence-electron chi connectivity index (χ0n) is 9.31. The molecule has 0 unspecified atom stereocenters. The Morgan fingerprint density at radius 3 is 1.79 bits per heavy atom. The molecule has 4 fully saturated rings. The molecule has 0 aromatic carbocycles. The Morgan fingerprint density at radius 1 is 0.929 bits per heavy atom. The van der Waals surface area contributed by atoms with Crippen LogP contribution < -0.4 is 5.73 Å². The highest BCUT2D eigenvalue weighted by Crippen LogP contribution is 2.65. The van der Waals surface area contributed by atoms with Crippen LogP contribution in [0, 0.1) is 16.7 Å². The van der Waals surface area contributed by atoms with E-state index in [4.69, 9.17) is 5.73 Å². The summed E-state index contributed by atoms with van der Waals surface area (Å²) in [5, 5.41) is 0. The normalized spacial score (nSPS) is 59.8. The van der Waals surface area contributed by atoms with Crippen molar-refractivity contribution < 1.29 is 0 Å². The molecule has 1 nitrogen and oxygen atoms in total. The second kappa shape index (κ2) is 2.68. The molecule has 4 aliphatic carbocycles. The van der Waals surface area contributed by atoms with Gasteiger partial charge in [0.05, 0.1) is 0 Å². The predicted octanol–water partition coefficient (Wildman–Crippen LogP) is 3.12. The Hall–Kier alpha value is 0.250. The Labute approximate surface area is 93.2 Å². The van der Waals surface area contributed by atoms with Gasteiger partial charge < -0.3 is 5.73 Å². The fourth-order valence-corrected chi connectivity index (χ4v) is 5.54. The second-order valence-electron chi connectivity index (χ2n) is 6.99. The zero-order valence-corrected chi connectivity index (χ0v) is 10.1. The molecular formula is C12H22ClN. The summed E-state index contributed by atoms with van der Waals surface area (Å²) < 4.78 is 0. The van der Waals surface area contributed by atoms with Gasteiger partial charge in [0.1, 0.15) is 0 Å². The molecule has 82 valence electrons. The van der Waals surface area contributed by atoms with Gasteiger partial charge >= 0.3 is 0 Å². The van der Waals surface area contributed by atoms with Crippen LogP contribution in [0.1, 0.15) is 52.4 Å². The van der Waals surface area contributed by atoms with Crippen LogP contribution in [0.25, 0.3) is 0 Å². The highest BCUT2D eigenvalue weighted by Gasteiger charge is 2.58. The molecule has 0 aromatic rings. The van der Waals surface area contributed by atoms with E-state index in [9.17, 15) is 0 Å². The van der Waals surface area contributed by atoms with Crippen LogP contribution in [0.4, 0.5) is 0 Å². The maximum absolute atomic E-state index is 6.49. The van der Waals surface area contributed by atoms with Gasteiger partial charge in [-0.3, -0.25) is 0 Å². The monoisotopic (exact) mass is 215 g/mol. The predicted molar refractivity (Wildman–Crippen MR) is 61.6 cm³/mol. The summed E-state index contributed by atoms with van der Waals surface area (Å²) in [6.07, 6.45) is 8.27. The molecule has 0 aliphatic heterocycles. The molecule has 4 rings (SSSR count). The van der Waals surface area contributed by atoms with Crippen LogP contribution in [0.2, 0.25) is 0 Å². The van der Waals surface area contributed by atoms with Gasteiger partial charge in [0.2, 0.25) is 0 Å². The van der Waals surface area contributed by atoms with Crippen LogP contribution in [-0.4, -0.2) is 5.54 Å². The molecule has 14 heavy (non-hydrogen) atoms. The van der Waals surface area contributed by atoms with Gasteiger partial charge in [-0.05, 0) is 55.3 Å². The SMILES string of the molecule is C[C@]12CC3CC(N)(C1)C[C@](C)(C3)C2.Cl. The molecule has 0 amide bonds. The summed E-state index contributed by atoms with van der Waals surface area (Å²) in [5.41, 5.74) is 7.92. The van der Waals surface area contributed by atoms with Gasteiger partial charge in [0.25, 0.3) is 0 Å². The van der Waals surface area contributed by atoms with E-state index in [-0.39, 0.29) is 17.9 Å². The first kappa shape index (κ1) is 10.8. The van der Waals surface area contributed by atoms with Crippen molar-refractivity contribution in [3.63, 3.8) is 0 Å². The number of rotatable bonds is 0. The molecule has 4 saturated carbocycles. The van der Waals surface area contributed by atoms with Crippen molar-refractivity contribution >= 4 is 12.4 Å². The molecule has 0 aromatic heterocycles. The van der Waals surface area contributed by atoms with Gasteiger partial charge in [-0.2, -0.15) is 0 Å². The van der Waals surface area contributed by atoms with Crippen LogP contribution in [0.5, 0.6) is 0 Å². The third-order valence-corrected chi connectivity index (χ3v) is 4.67. The summed E-state index contributed by atoms with van der Waals surface area (Å²) in [7, 11) is 0. The molecule has 4 bridgehead atoms. The van der Waals surface area contributed by atoms with Crippen molar-refractivity contribution in [3.8, 4) is 0 Å². The fourth-order valence-electron chi connectivity index (χ4n) is 5.54. The lowest BCUT2D eigenvalue weighted by Crippen LogP contribution is -2.62. The smallest absolute Gasteiger partial charge is 0.0167 e. The van der Waals surface area contributed by atoms with Gasteiger partial charge in [0, 0.05) is 5.54 Å². The molecular weight excluding hydrogens is 194 g/mol. The minimum absolute atomic E-state index is 0. The van der Waals surface area contributed by atoms with Crippen molar-refractivity contribution in [2.24, 2.45) is 22.5 Å². The van der Waals surface area contributed by atoms with E-state index in [0.29, 0.717) is 10.8 Å². The standard InChI is InChI=1S/C12H21N.ClH/c1-10-3-9-4-11(2,6-10)8-12(13,5-9)7-10;/h9H,3-8,13H2,1-2H3;1H/t9?,10-,11-,12?;/m1./s1. The number of hydrogen-bond acceptors (Lipinski definition) is 1. The largest absolute Gasteiger partial charge is 0.325 e. The van der Waals surface area contributed by atoms with Gasteiger partial charge in [-0.25, -0.2) is 0 Å². The Balaban J connectivity index is 0.000000750. The quantitative estimate of drug-likeness (QED) is 0.660. The molecule has 4 aliphatic rings. The van der Waals surface area contributed by atoms with Crippen molar-refractivity contribution in [1.29, 1.82) is 0 Å². The van der Waals surface area contributed by atoms with E-state index >= 15 is 0 Å². The topological polar surface area (TPSA) is 26.0 Å². The number of nitrogens with two attached hydrogens (primary N) is 1. The summed E-state index contributed by atoms with van der Waals surface area (Å²) in [6.45, 7) is 4.94. The fraction of sp³-hybridized carbons (Fsp3) is 1.00. The van der Waals surface area contributed by atoms with E-state index in [1.54, 1.807) is 0 Å². The third-order valence-electron chi connectivity index (χ3n) is 4.67. The summed E-state index contributed by atoms with van der Waals surface area (Å²) in [6, 6.07) is 0. The van der Waals surface area contributed by atoms with Crippen LogP contribution in [0.3, 0.4) is 0 Å². The minimum Gasteiger partial charge on any atom is -0.325 e. The average Bonchev–Trinajstić information content (AvgIpc) is 1.71. The zero-order chi connectivity index (χ0) is 9.32. The summed E-state index contributed by atoms with van der Waals surface area (Å²) in [4.78, 5) is 0. The van der Waals surface area contributed by atoms with Crippen molar-refractivity contribution in [2.75, 3.05) is 0 Å². The molecule has 2 heteroatoms.